The molecule has 1 rings (SSSR count). The monoisotopic (exact) mass is 345 g/mol. The minimum atomic E-state index is -5.78. The predicted octanol–water partition coefficient (Wildman–Crippen LogP) is 3.98. The van der Waals surface area contributed by atoms with Crippen LogP contribution in [0, 0.1) is 0 Å². The van der Waals surface area contributed by atoms with Crippen molar-refractivity contribution >= 4 is 14.0 Å². The zero-order valence-corrected chi connectivity index (χ0v) is 13.5. The van der Waals surface area contributed by atoms with Crippen LogP contribution >= 0.6 is 0 Å². The van der Waals surface area contributed by atoms with E-state index in [0.29, 0.717) is 19.3 Å². The van der Waals surface area contributed by atoms with Gasteiger partial charge in [0.25, 0.3) is 5.91 Å². The molecule has 0 radical (unpaired) electrons. The first-order valence-electron chi connectivity index (χ1n) is 6.98. The van der Waals surface area contributed by atoms with E-state index in [1.807, 2.05) is 11.0 Å². The van der Waals surface area contributed by atoms with Crippen LogP contribution in [0.1, 0.15) is 25.7 Å². The number of hydrogen-bond donors (Lipinski definition) is 1. The van der Waals surface area contributed by atoms with Gasteiger partial charge in [-0.15, -0.1) is 17.2 Å². The molecule has 3 nitrogen and oxygen atoms in total. The summed E-state index contributed by atoms with van der Waals surface area (Å²) in [5, 5.41) is 1.93. The maximum absolute atomic E-state index is 13.4. The highest BCUT2D eigenvalue weighted by Crippen LogP contribution is 2.39. The van der Waals surface area contributed by atoms with Gasteiger partial charge >= 0.3 is 12.0 Å². The van der Waals surface area contributed by atoms with Crippen molar-refractivity contribution in [3.05, 3.63) is 12.3 Å². The highest BCUT2D eigenvalue weighted by Gasteiger charge is 2.65. The lowest BCUT2D eigenvalue weighted by Crippen LogP contribution is -2.57. The Balaban J connectivity index is 2.78. The third kappa shape index (κ3) is 3.86. The molecule has 1 fully saturated rings. The fraction of sp³-hybridized carbons (Fsp3) is 0.769. The van der Waals surface area contributed by atoms with E-state index >= 15 is 0 Å². The largest absolute Gasteiger partial charge is 0.461 e. The second kappa shape index (κ2) is 6.65. The van der Waals surface area contributed by atoms with Crippen molar-refractivity contribution in [2.45, 2.75) is 62.4 Å². The van der Waals surface area contributed by atoms with Crippen molar-refractivity contribution in [1.82, 2.24) is 5.32 Å². The van der Waals surface area contributed by atoms with Crippen LogP contribution in [0.25, 0.3) is 0 Å². The summed E-state index contributed by atoms with van der Waals surface area (Å²) in [6, 6.07) is -0.634. The topological polar surface area (TPSA) is 38.3 Å². The van der Waals surface area contributed by atoms with E-state index in [-0.39, 0.29) is 5.54 Å². The number of nitrogens with one attached hydrogen (secondary N) is 1. The summed E-state index contributed by atoms with van der Waals surface area (Å²) in [7, 11) is -1.77. The fourth-order valence-corrected chi connectivity index (χ4v) is 4.82. The normalized spacial score (nSPS) is 26.1. The van der Waals surface area contributed by atoms with Gasteiger partial charge in [-0.05, 0) is 22.9 Å². The second-order valence-electron chi connectivity index (χ2n) is 6.23. The molecule has 3 atom stereocenters. The molecule has 0 aromatic rings. The SMILES string of the molecule is C=C[Si](C)(C)C1CCCC(NC(=O)C(F)(OF)C(F)(F)F)C1. The molecule has 128 valence electrons. The highest BCUT2D eigenvalue weighted by atomic mass is 28.3. The summed E-state index contributed by atoms with van der Waals surface area (Å²) in [5.41, 5.74) is 2.09. The zero-order chi connectivity index (χ0) is 17.2. The van der Waals surface area contributed by atoms with Gasteiger partial charge < -0.3 is 5.32 Å². The van der Waals surface area contributed by atoms with Crippen molar-refractivity contribution < 1.29 is 31.8 Å². The summed E-state index contributed by atoms with van der Waals surface area (Å²) in [5.74, 6) is -7.11. The lowest BCUT2D eigenvalue weighted by atomic mass is 9.94. The van der Waals surface area contributed by atoms with Gasteiger partial charge in [-0.2, -0.15) is 17.6 Å². The molecular formula is C13H20F5NO2Si. The molecule has 0 aromatic carbocycles. The smallest absolute Gasteiger partial charge is 0.348 e. The number of halogens is 5. The second-order valence-corrected chi connectivity index (χ2v) is 11.1. The van der Waals surface area contributed by atoms with E-state index in [2.05, 4.69) is 24.6 Å². The van der Waals surface area contributed by atoms with Crippen molar-refractivity contribution in [2.24, 2.45) is 0 Å². The van der Waals surface area contributed by atoms with E-state index in [1.165, 1.54) is 0 Å². The number of rotatable bonds is 5. The van der Waals surface area contributed by atoms with E-state index < -0.39 is 32.1 Å². The molecule has 0 aromatic heterocycles. The molecule has 22 heavy (non-hydrogen) atoms. The Morgan fingerprint density at radius 2 is 1.91 bits per heavy atom. The van der Waals surface area contributed by atoms with Crippen LogP contribution in [0.4, 0.5) is 22.1 Å². The zero-order valence-electron chi connectivity index (χ0n) is 12.5. The van der Waals surface area contributed by atoms with Crippen molar-refractivity contribution in [1.29, 1.82) is 0 Å². The Bertz CT molecular complexity index is 429. The molecule has 9 heteroatoms. The first-order valence-corrected chi connectivity index (χ1v) is 10.1. The third-order valence-electron chi connectivity index (χ3n) is 4.35. The van der Waals surface area contributed by atoms with Gasteiger partial charge in [-0.25, -0.2) is 0 Å². The fourth-order valence-electron chi connectivity index (χ4n) is 2.65. The standard InChI is InChI=1S/C13H20F5NO2Si/c1-4-22(2,3)10-7-5-6-9(8-10)19-11(20)12(14,21-18)13(15,16)17/h4,9-10H,1,5-8H2,2-3H3,(H,19,20). The molecule has 1 N–H and O–H groups in total. The average Bonchev–Trinajstić information content (AvgIpc) is 2.45. The van der Waals surface area contributed by atoms with Gasteiger partial charge in [0.2, 0.25) is 0 Å². The number of alkyl halides is 4. The summed E-state index contributed by atoms with van der Waals surface area (Å²) >= 11 is 0. The number of amides is 1. The third-order valence-corrected chi connectivity index (χ3v) is 8.03. The van der Waals surface area contributed by atoms with Gasteiger partial charge in [-0.1, -0.05) is 25.9 Å². The summed E-state index contributed by atoms with van der Waals surface area (Å²) in [6.45, 7) is 7.90. The van der Waals surface area contributed by atoms with Gasteiger partial charge in [0, 0.05) is 6.04 Å². The molecular weight excluding hydrogens is 325 g/mol. The maximum atomic E-state index is 13.4. The Morgan fingerprint density at radius 3 is 2.36 bits per heavy atom. The molecule has 0 saturated heterocycles. The number of carbonyl (C=O) groups is 1. The summed E-state index contributed by atoms with van der Waals surface area (Å²) < 4.78 is 62.7. The van der Waals surface area contributed by atoms with Crippen LogP contribution < -0.4 is 5.32 Å². The Labute approximate surface area is 126 Å². The molecule has 1 amide bonds. The van der Waals surface area contributed by atoms with E-state index in [1.54, 1.807) is 0 Å². The van der Waals surface area contributed by atoms with Crippen molar-refractivity contribution in [2.75, 3.05) is 0 Å². The van der Waals surface area contributed by atoms with E-state index in [0.717, 1.165) is 6.42 Å². The minimum Gasteiger partial charge on any atom is -0.348 e. The van der Waals surface area contributed by atoms with Crippen LogP contribution in [0.2, 0.25) is 18.6 Å². The molecule has 3 unspecified atom stereocenters. The molecule has 0 bridgehead atoms. The van der Waals surface area contributed by atoms with Crippen LogP contribution in [0.5, 0.6) is 0 Å². The molecule has 1 saturated carbocycles. The van der Waals surface area contributed by atoms with Gasteiger partial charge in [0.1, 0.15) is 0 Å². The predicted molar refractivity (Wildman–Crippen MR) is 73.9 cm³/mol. The van der Waals surface area contributed by atoms with Crippen LogP contribution in [0.3, 0.4) is 0 Å². The maximum Gasteiger partial charge on any atom is 0.461 e. The number of carbonyl (C=O) groups excluding carboxylic acids is 1. The van der Waals surface area contributed by atoms with Crippen LogP contribution in [0.15, 0.2) is 12.3 Å². The summed E-state index contributed by atoms with van der Waals surface area (Å²) in [6.07, 6.45) is -3.35. The highest BCUT2D eigenvalue weighted by molar-refractivity contribution is 6.83. The van der Waals surface area contributed by atoms with Gasteiger partial charge in [-0.3, -0.25) is 4.79 Å². The van der Waals surface area contributed by atoms with Crippen molar-refractivity contribution in [3.63, 3.8) is 0 Å². The lowest BCUT2D eigenvalue weighted by Gasteiger charge is -2.37. The van der Waals surface area contributed by atoms with Crippen molar-refractivity contribution in [3.8, 4) is 0 Å². The Kier molecular flexibility index (Phi) is 5.77. The minimum absolute atomic E-state index is 0.218. The van der Waals surface area contributed by atoms with Gasteiger partial charge in [0.15, 0.2) is 0 Å². The van der Waals surface area contributed by atoms with E-state index in [9.17, 15) is 26.9 Å². The van der Waals surface area contributed by atoms with Crippen LogP contribution in [-0.4, -0.2) is 32.1 Å². The lowest BCUT2D eigenvalue weighted by molar-refractivity contribution is -0.381. The molecule has 0 aliphatic heterocycles. The summed E-state index contributed by atoms with van der Waals surface area (Å²) in [4.78, 5) is 13.8. The van der Waals surface area contributed by atoms with Gasteiger partial charge in [0.05, 0.1) is 8.07 Å². The first-order chi connectivity index (χ1) is 9.98. The molecule has 0 heterocycles. The van der Waals surface area contributed by atoms with E-state index in [4.69, 9.17) is 0 Å². The first kappa shape index (κ1) is 19.1. The Morgan fingerprint density at radius 1 is 1.32 bits per heavy atom. The molecule has 0 spiro atoms. The average molecular weight is 345 g/mol. The Hall–Kier alpha value is -0.963. The molecule has 1 aliphatic rings. The quantitative estimate of drug-likeness (QED) is 0.605. The number of hydrogen-bond acceptors (Lipinski definition) is 2. The van der Waals surface area contributed by atoms with Crippen LogP contribution in [-0.2, 0) is 9.74 Å². The molecule has 1 aliphatic carbocycles.